The molecular formula is C11H16N6. The molecule has 0 radical (unpaired) electrons. The lowest BCUT2D eigenvalue weighted by atomic mass is 10.5. The maximum atomic E-state index is 5.65. The summed E-state index contributed by atoms with van der Waals surface area (Å²) in [6, 6.07) is 3.60. The number of hydrogen-bond donors (Lipinski definition) is 1. The Morgan fingerprint density at radius 1 is 1.41 bits per heavy atom. The van der Waals surface area contributed by atoms with E-state index in [0.717, 1.165) is 19.6 Å². The van der Waals surface area contributed by atoms with Crippen LogP contribution < -0.4 is 10.6 Å². The van der Waals surface area contributed by atoms with Gasteiger partial charge in [-0.05, 0) is 19.1 Å². The quantitative estimate of drug-likeness (QED) is 0.824. The zero-order chi connectivity index (χ0) is 12.1. The fourth-order valence-corrected chi connectivity index (χ4v) is 1.57. The molecule has 0 saturated heterocycles. The number of aromatic nitrogens is 4. The number of hydrogen-bond acceptors (Lipinski definition) is 5. The third-order valence-corrected chi connectivity index (χ3v) is 2.49. The van der Waals surface area contributed by atoms with Gasteiger partial charge < -0.3 is 10.6 Å². The zero-order valence-corrected chi connectivity index (χ0v) is 9.82. The van der Waals surface area contributed by atoms with Gasteiger partial charge in [0.05, 0.1) is 6.54 Å². The summed E-state index contributed by atoms with van der Waals surface area (Å²) < 4.78 is 1.88. The summed E-state index contributed by atoms with van der Waals surface area (Å²) in [6.45, 7) is 4.51. The van der Waals surface area contributed by atoms with E-state index in [-0.39, 0.29) is 0 Å². The molecule has 17 heavy (non-hydrogen) atoms. The first-order valence-corrected chi connectivity index (χ1v) is 5.60. The maximum absolute atomic E-state index is 5.65. The minimum atomic E-state index is 0.493. The number of likely N-dealkylation sites (N-methyl/N-ethyl adjacent to an activating group) is 1. The molecule has 0 atom stereocenters. The van der Waals surface area contributed by atoms with Crippen molar-refractivity contribution in [1.82, 2.24) is 19.7 Å². The molecule has 0 fully saturated rings. The van der Waals surface area contributed by atoms with Gasteiger partial charge in [0, 0.05) is 31.7 Å². The van der Waals surface area contributed by atoms with E-state index in [1.807, 2.05) is 16.9 Å². The van der Waals surface area contributed by atoms with E-state index in [0.29, 0.717) is 11.8 Å². The summed E-state index contributed by atoms with van der Waals surface area (Å²) in [7, 11) is 0. The molecule has 0 aliphatic rings. The highest BCUT2D eigenvalue weighted by atomic mass is 15.3. The number of nitrogens with zero attached hydrogens (tertiary/aromatic N) is 5. The minimum Gasteiger partial charge on any atom is -0.384 e. The van der Waals surface area contributed by atoms with Crippen LogP contribution in [0.15, 0.2) is 30.7 Å². The Morgan fingerprint density at radius 2 is 2.29 bits per heavy atom. The Labute approximate surface area is 100 Å². The summed E-state index contributed by atoms with van der Waals surface area (Å²) in [5.74, 6) is 1.16. The smallest absolute Gasteiger partial charge is 0.227 e. The van der Waals surface area contributed by atoms with Crippen molar-refractivity contribution in [2.75, 3.05) is 23.7 Å². The molecule has 2 N–H and O–H groups in total. The van der Waals surface area contributed by atoms with Gasteiger partial charge in [-0.15, -0.1) is 0 Å². The van der Waals surface area contributed by atoms with Crippen LogP contribution >= 0.6 is 0 Å². The van der Waals surface area contributed by atoms with Gasteiger partial charge in [0.1, 0.15) is 5.82 Å². The van der Waals surface area contributed by atoms with E-state index in [1.54, 1.807) is 18.5 Å². The summed E-state index contributed by atoms with van der Waals surface area (Å²) in [5.41, 5.74) is 5.65. The lowest BCUT2D eigenvalue weighted by molar-refractivity contribution is 0.595. The Morgan fingerprint density at radius 3 is 2.94 bits per heavy atom. The Bertz CT molecular complexity index is 453. The van der Waals surface area contributed by atoms with Gasteiger partial charge in [-0.25, -0.2) is 4.98 Å². The van der Waals surface area contributed by atoms with Crippen LogP contribution in [0.4, 0.5) is 11.8 Å². The molecule has 2 rings (SSSR count). The Balaban J connectivity index is 2.01. The van der Waals surface area contributed by atoms with Crippen LogP contribution in [-0.4, -0.2) is 32.8 Å². The molecule has 90 valence electrons. The topological polar surface area (TPSA) is 72.9 Å². The van der Waals surface area contributed by atoms with Crippen LogP contribution in [0.1, 0.15) is 6.92 Å². The fraction of sp³-hybridized carbons (Fsp3) is 0.364. The fourth-order valence-electron chi connectivity index (χ4n) is 1.57. The van der Waals surface area contributed by atoms with Gasteiger partial charge in [0.25, 0.3) is 0 Å². The SMILES string of the molecule is CCN(CCn1cccn1)c1nccc(N)n1. The Kier molecular flexibility index (Phi) is 3.54. The molecule has 6 nitrogen and oxygen atoms in total. The van der Waals surface area contributed by atoms with Crippen molar-refractivity contribution in [2.24, 2.45) is 0 Å². The van der Waals surface area contributed by atoms with Gasteiger partial charge in [0.2, 0.25) is 5.95 Å². The minimum absolute atomic E-state index is 0.493. The zero-order valence-electron chi connectivity index (χ0n) is 9.82. The molecule has 0 aliphatic carbocycles. The van der Waals surface area contributed by atoms with Crippen molar-refractivity contribution >= 4 is 11.8 Å². The first kappa shape index (κ1) is 11.4. The average Bonchev–Trinajstić information content (AvgIpc) is 2.83. The molecule has 0 saturated carbocycles. The molecule has 0 amide bonds. The van der Waals surface area contributed by atoms with E-state index in [1.165, 1.54) is 0 Å². The lowest BCUT2D eigenvalue weighted by Gasteiger charge is -2.20. The van der Waals surface area contributed by atoms with E-state index in [9.17, 15) is 0 Å². The molecule has 6 heteroatoms. The predicted octanol–water partition coefficient (Wildman–Crippen LogP) is 0.782. The van der Waals surface area contributed by atoms with Gasteiger partial charge in [-0.1, -0.05) is 0 Å². The highest BCUT2D eigenvalue weighted by Gasteiger charge is 2.07. The molecule has 2 aromatic heterocycles. The molecule has 2 aromatic rings. The van der Waals surface area contributed by atoms with Crippen molar-refractivity contribution in [3.05, 3.63) is 30.7 Å². The van der Waals surface area contributed by atoms with E-state index >= 15 is 0 Å². The molecule has 0 unspecified atom stereocenters. The molecule has 0 aromatic carbocycles. The van der Waals surface area contributed by atoms with E-state index in [4.69, 9.17) is 5.73 Å². The van der Waals surface area contributed by atoms with Gasteiger partial charge in [-0.2, -0.15) is 10.1 Å². The summed E-state index contributed by atoms with van der Waals surface area (Å²) in [4.78, 5) is 10.5. The van der Waals surface area contributed by atoms with Crippen molar-refractivity contribution in [3.63, 3.8) is 0 Å². The molecular weight excluding hydrogens is 216 g/mol. The molecule has 0 aliphatic heterocycles. The lowest BCUT2D eigenvalue weighted by Crippen LogP contribution is -2.29. The van der Waals surface area contributed by atoms with Crippen LogP contribution in [0.5, 0.6) is 0 Å². The predicted molar refractivity (Wildman–Crippen MR) is 66.6 cm³/mol. The van der Waals surface area contributed by atoms with E-state index in [2.05, 4.69) is 26.9 Å². The second kappa shape index (κ2) is 5.29. The van der Waals surface area contributed by atoms with Gasteiger partial charge >= 0.3 is 0 Å². The number of rotatable bonds is 5. The highest BCUT2D eigenvalue weighted by molar-refractivity contribution is 5.37. The van der Waals surface area contributed by atoms with Crippen LogP contribution in [0.25, 0.3) is 0 Å². The third kappa shape index (κ3) is 2.93. The van der Waals surface area contributed by atoms with Gasteiger partial charge in [0.15, 0.2) is 0 Å². The third-order valence-electron chi connectivity index (χ3n) is 2.49. The second-order valence-electron chi connectivity index (χ2n) is 3.63. The van der Waals surface area contributed by atoms with Crippen LogP contribution in [0, 0.1) is 0 Å². The van der Waals surface area contributed by atoms with Crippen molar-refractivity contribution in [2.45, 2.75) is 13.5 Å². The van der Waals surface area contributed by atoms with E-state index < -0.39 is 0 Å². The Hall–Kier alpha value is -2.11. The number of anilines is 2. The first-order valence-electron chi connectivity index (χ1n) is 5.60. The summed E-state index contributed by atoms with van der Waals surface area (Å²) >= 11 is 0. The van der Waals surface area contributed by atoms with Crippen LogP contribution in [0.3, 0.4) is 0 Å². The largest absolute Gasteiger partial charge is 0.384 e. The molecule has 2 heterocycles. The maximum Gasteiger partial charge on any atom is 0.227 e. The normalized spacial score (nSPS) is 10.4. The standard InChI is InChI=1S/C11H16N6/c1-2-16(8-9-17-7-3-5-14-17)11-13-6-4-10(12)15-11/h3-7H,2,8-9H2,1H3,(H2,12,13,15). The van der Waals surface area contributed by atoms with Crippen LogP contribution in [0.2, 0.25) is 0 Å². The first-order chi connectivity index (χ1) is 8.29. The molecule has 0 spiro atoms. The van der Waals surface area contributed by atoms with Crippen LogP contribution in [-0.2, 0) is 6.54 Å². The van der Waals surface area contributed by atoms with Gasteiger partial charge in [-0.3, -0.25) is 4.68 Å². The number of nitrogen functional groups attached to an aromatic ring is 1. The van der Waals surface area contributed by atoms with Crippen molar-refractivity contribution in [1.29, 1.82) is 0 Å². The average molecular weight is 232 g/mol. The molecule has 0 bridgehead atoms. The summed E-state index contributed by atoms with van der Waals surface area (Å²) in [5, 5.41) is 4.16. The second-order valence-corrected chi connectivity index (χ2v) is 3.63. The number of nitrogens with two attached hydrogens (primary N) is 1. The summed E-state index contributed by atoms with van der Waals surface area (Å²) in [6.07, 6.45) is 5.38. The van der Waals surface area contributed by atoms with Crippen molar-refractivity contribution < 1.29 is 0 Å². The monoisotopic (exact) mass is 232 g/mol. The van der Waals surface area contributed by atoms with Crippen molar-refractivity contribution in [3.8, 4) is 0 Å². The highest BCUT2D eigenvalue weighted by Crippen LogP contribution is 2.08.